The van der Waals surface area contributed by atoms with Crippen LogP contribution in [0, 0.1) is 6.92 Å². The van der Waals surface area contributed by atoms with Gasteiger partial charge in [-0.3, -0.25) is 14.5 Å². The molecule has 0 radical (unpaired) electrons. The summed E-state index contributed by atoms with van der Waals surface area (Å²) in [6, 6.07) is 9.33. The molecule has 0 bridgehead atoms. The van der Waals surface area contributed by atoms with Gasteiger partial charge in [0.2, 0.25) is 11.7 Å². The average Bonchev–Trinajstić information content (AvgIpc) is 3.66. The number of ether oxygens (including phenoxy) is 3. The lowest BCUT2D eigenvalue weighted by molar-refractivity contribution is -0.139. The first-order valence-corrected chi connectivity index (χ1v) is 13.5. The molecule has 41 heavy (non-hydrogen) atoms. The largest absolute Gasteiger partial charge is 0.492 e. The maximum atomic E-state index is 13.2. The number of hydrogen-bond acceptors (Lipinski definition) is 9. The van der Waals surface area contributed by atoms with E-state index in [2.05, 4.69) is 20.2 Å². The van der Waals surface area contributed by atoms with Crippen molar-refractivity contribution >= 4 is 40.5 Å². The molecule has 2 aromatic heterocycles. The molecule has 0 atom stereocenters. The summed E-state index contributed by atoms with van der Waals surface area (Å²) in [5, 5.41) is 11.4. The number of anilines is 1. The van der Waals surface area contributed by atoms with Gasteiger partial charge in [-0.2, -0.15) is 0 Å². The number of carboxylic acid groups (broad SMARTS) is 1. The van der Waals surface area contributed by atoms with E-state index in [0.717, 1.165) is 48.8 Å². The minimum atomic E-state index is -0.833. The van der Waals surface area contributed by atoms with Crippen LogP contribution in [0.5, 0.6) is 5.75 Å². The van der Waals surface area contributed by atoms with Crippen LogP contribution in [0.2, 0.25) is 0 Å². The molecule has 2 aliphatic rings. The Balaban J connectivity index is 0.000000909. The normalized spacial score (nSPS) is 16.0. The number of ketones is 1. The number of Topliss-reactive ketones (excluding diaryl/α,β-unsaturated/α-hetero) is 1. The second kappa shape index (κ2) is 13.6. The van der Waals surface area contributed by atoms with Crippen molar-refractivity contribution in [2.45, 2.75) is 33.6 Å². The van der Waals surface area contributed by atoms with E-state index in [-0.39, 0.29) is 23.8 Å². The van der Waals surface area contributed by atoms with Crippen LogP contribution in [0.15, 0.2) is 59.9 Å². The fourth-order valence-electron chi connectivity index (χ4n) is 4.53. The molecule has 0 saturated carbocycles. The number of fused-ring (bicyclic) bond motifs is 1. The SMILES string of the molecule is CC(=O)O.CCOC(=O)C1=C(Nc2ccc(OCCN3CCCC3)cc2C)OC(=Cc2c[nH]c3ncccc23)C1=O. The molecule has 5 rings (SSSR count). The molecule has 1 fully saturated rings. The van der Waals surface area contributed by atoms with Gasteiger partial charge < -0.3 is 29.6 Å². The van der Waals surface area contributed by atoms with Crippen LogP contribution in [-0.2, 0) is 23.9 Å². The molecule has 3 N–H and O–H groups in total. The van der Waals surface area contributed by atoms with E-state index in [9.17, 15) is 9.59 Å². The fourth-order valence-corrected chi connectivity index (χ4v) is 4.53. The first-order valence-electron chi connectivity index (χ1n) is 13.5. The number of hydrogen-bond donors (Lipinski definition) is 3. The molecule has 216 valence electrons. The molecule has 11 nitrogen and oxygen atoms in total. The fraction of sp³-hybridized carbons (Fsp3) is 0.333. The number of aromatic nitrogens is 2. The lowest BCUT2D eigenvalue weighted by atomic mass is 10.1. The number of carboxylic acids is 1. The topological polar surface area (TPSA) is 143 Å². The van der Waals surface area contributed by atoms with Crippen molar-refractivity contribution in [3.8, 4) is 5.75 Å². The first-order chi connectivity index (χ1) is 19.8. The average molecular weight is 563 g/mol. The smallest absolute Gasteiger partial charge is 0.347 e. The van der Waals surface area contributed by atoms with Crippen LogP contribution >= 0.6 is 0 Å². The summed E-state index contributed by atoms with van der Waals surface area (Å²) in [5.41, 5.74) is 2.81. The van der Waals surface area contributed by atoms with Crippen LogP contribution < -0.4 is 10.1 Å². The lowest BCUT2D eigenvalue weighted by Crippen LogP contribution is -2.25. The van der Waals surface area contributed by atoms with E-state index in [4.69, 9.17) is 24.1 Å². The van der Waals surface area contributed by atoms with Gasteiger partial charge in [0.1, 0.15) is 18.0 Å². The van der Waals surface area contributed by atoms with Gasteiger partial charge in [-0.05, 0) is 81.7 Å². The third-order valence-electron chi connectivity index (χ3n) is 6.46. The maximum Gasteiger partial charge on any atom is 0.347 e. The number of likely N-dealkylation sites (tertiary alicyclic amines) is 1. The quantitative estimate of drug-likeness (QED) is 0.197. The second-order valence-corrected chi connectivity index (χ2v) is 9.53. The van der Waals surface area contributed by atoms with Crippen LogP contribution in [0.25, 0.3) is 17.1 Å². The Morgan fingerprint density at radius 1 is 1.24 bits per heavy atom. The van der Waals surface area contributed by atoms with E-state index in [0.29, 0.717) is 17.9 Å². The zero-order chi connectivity index (χ0) is 29.4. The van der Waals surface area contributed by atoms with Gasteiger partial charge in [0.15, 0.2) is 11.3 Å². The van der Waals surface area contributed by atoms with E-state index < -0.39 is 17.7 Å². The number of aryl methyl sites for hydroxylation is 1. The van der Waals surface area contributed by atoms with E-state index in [1.54, 1.807) is 25.4 Å². The molecule has 1 saturated heterocycles. The first kappa shape index (κ1) is 29.3. The zero-order valence-corrected chi connectivity index (χ0v) is 23.4. The molecule has 0 amide bonds. The Labute approximate surface area is 237 Å². The number of esters is 1. The monoisotopic (exact) mass is 562 g/mol. The number of carbonyl (C=O) groups excluding carboxylic acids is 2. The summed E-state index contributed by atoms with van der Waals surface area (Å²) in [7, 11) is 0. The lowest BCUT2D eigenvalue weighted by Gasteiger charge is -2.16. The number of nitrogens with zero attached hydrogens (tertiary/aromatic N) is 2. The molecule has 2 aliphatic heterocycles. The van der Waals surface area contributed by atoms with Gasteiger partial charge in [-0.1, -0.05) is 0 Å². The number of pyridine rings is 1. The number of carbonyl (C=O) groups is 3. The Hall–Kier alpha value is -4.64. The molecule has 0 aliphatic carbocycles. The predicted molar refractivity (Wildman–Crippen MR) is 153 cm³/mol. The highest BCUT2D eigenvalue weighted by Crippen LogP contribution is 2.32. The summed E-state index contributed by atoms with van der Waals surface area (Å²) in [6.07, 6.45) is 7.53. The molecular weight excluding hydrogens is 528 g/mol. The van der Waals surface area contributed by atoms with Crippen LogP contribution in [0.3, 0.4) is 0 Å². The van der Waals surface area contributed by atoms with E-state index in [1.807, 2.05) is 37.3 Å². The molecule has 0 spiro atoms. The molecule has 1 aromatic carbocycles. The van der Waals surface area contributed by atoms with Crippen molar-refractivity contribution in [3.05, 3.63) is 71.1 Å². The zero-order valence-electron chi connectivity index (χ0n) is 23.4. The number of rotatable bonds is 9. The highest BCUT2D eigenvalue weighted by atomic mass is 16.5. The van der Waals surface area contributed by atoms with Gasteiger partial charge in [-0.15, -0.1) is 0 Å². The Kier molecular flexibility index (Phi) is 9.75. The summed E-state index contributed by atoms with van der Waals surface area (Å²) in [5.74, 6) is -1.29. The Bertz CT molecular complexity index is 1480. The number of H-pyrrole nitrogens is 1. The minimum absolute atomic E-state index is 0.0230. The molecular formula is C30H34N4O7. The Morgan fingerprint density at radius 3 is 2.71 bits per heavy atom. The number of allylic oxidation sites excluding steroid dienone is 1. The van der Waals surface area contributed by atoms with Crippen molar-refractivity contribution in [1.29, 1.82) is 0 Å². The molecule has 4 heterocycles. The highest BCUT2D eigenvalue weighted by molar-refractivity contribution is 6.26. The van der Waals surface area contributed by atoms with Gasteiger partial charge in [0.25, 0.3) is 5.97 Å². The van der Waals surface area contributed by atoms with E-state index in [1.165, 1.54) is 12.8 Å². The van der Waals surface area contributed by atoms with E-state index >= 15 is 0 Å². The van der Waals surface area contributed by atoms with Crippen molar-refractivity contribution < 1.29 is 33.7 Å². The minimum Gasteiger partial charge on any atom is -0.492 e. The Morgan fingerprint density at radius 2 is 2.00 bits per heavy atom. The summed E-state index contributed by atoms with van der Waals surface area (Å²) in [6.45, 7) is 8.64. The third kappa shape index (κ3) is 7.52. The molecule has 3 aromatic rings. The highest BCUT2D eigenvalue weighted by Gasteiger charge is 2.37. The standard InChI is InChI=1S/C28H30N4O5.C2H4O2/c1-3-35-28(34)24-25(33)23(16-19-17-30-26-21(19)7-6-10-29-26)37-27(24)31-22-9-8-20(15-18(22)2)36-14-13-32-11-4-5-12-32;1-2(3)4/h6-10,15-17,31H,3-5,11-14H2,1-2H3,(H,29,30);1H3,(H,3,4). The summed E-state index contributed by atoms with van der Waals surface area (Å²) >= 11 is 0. The van der Waals surface area contributed by atoms with Crippen molar-refractivity contribution in [3.63, 3.8) is 0 Å². The maximum absolute atomic E-state index is 13.2. The molecule has 0 unspecified atom stereocenters. The van der Waals surface area contributed by atoms with Gasteiger partial charge in [0.05, 0.1) is 6.61 Å². The van der Waals surface area contributed by atoms with Gasteiger partial charge >= 0.3 is 5.97 Å². The number of aliphatic carboxylic acids is 1. The number of aromatic amines is 1. The number of nitrogens with one attached hydrogen (secondary N) is 2. The van der Waals surface area contributed by atoms with Gasteiger partial charge in [-0.25, -0.2) is 9.78 Å². The van der Waals surface area contributed by atoms with Crippen molar-refractivity contribution in [2.75, 3.05) is 38.2 Å². The van der Waals surface area contributed by atoms with Gasteiger partial charge in [0, 0.05) is 42.5 Å². The summed E-state index contributed by atoms with van der Waals surface area (Å²) < 4.78 is 17.0. The van der Waals surface area contributed by atoms with Crippen LogP contribution in [0.1, 0.15) is 37.8 Å². The van der Waals surface area contributed by atoms with Crippen LogP contribution in [-0.4, -0.2) is 70.5 Å². The second-order valence-electron chi connectivity index (χ2n) is 9.53. The molecule has 11 heteroatoms. The van der Waals surface area contributed by atoms with Crippen molar-refractivity contribution in [1.82, 2.24) is 14.9 Å². The predicted octanol–water partition coefficient (Wildman–Crippen LogP) is 4.26. The summed E-state index contributed by atoms with van der Waals surface area (Å²) in [4.78, 5) is 44.6. The van der Waals surface area contributed by atoms with Crippen molar-refractivity contribution in [2.24, 2.45) is 0 Å². The third-order valence-corrected chi connectivity index (χ3v) is 6.46. The van der Waals surface area contributed by atoms with Crippen LogP contribution in [0.4, 0.5) is 5.69 Å². The number of benzene rings is 1.